The molecule has 0 unspecified atom stereocenters. The van der Waals surface area contributed by atoms with Crippen molar-refractivity contribution in [1.82, 2.24) is 4.90 Å². The van der Waals surface area contributed by atoms with Gasteiger partial charge in [0.2, 0.25) is 0 Å². The zero-order chi connectivity index (χ0) is 13.0. The second-order valence-corrected chi connectivity index (χ2v) is 4.47. The minimum Gasteiger partial charge on any atom is -0.313 e. The van der Waals surface area contributed by atoms with Gasteiger partial charge < -0.3 is 10.2 Å². The molecule has 0 atom stereocenters. The Balaban J connectivity index is 1.95. The van der Waals surface area contributed by atoms with Crippen LogP contribution in [0.25, 0.3) is 0 Å². The molecule has 0 saturated heterocycles. The van der Waals surface area contributed by atoms with Gasteiger partial charge in [0.1, 0.15) is 5.82 Å². The molecule has 0 bridgehead atoms. The van der Waals surface area contributed by atoms with Crippen molar-refractivity contribution < 1.29 is 9.18 Å². The van der Waals surface area contributed by atoms with Crippen LogP contribution in [-0.2, 0) is 0 Å². The van der Waals surface area contributed by atoms with Crippen molar-refractivity contribution in [3.8, 4) is 12.3 Å². The molecule has 1 fully saturated rings. The molecule has 0 aromatic heterocycles. The Morgan fingerprint density at radius 3 is 2.67 bits per heavy atom. The quantitative estimate of drug-likeness (QED) is 0.814. The molecule has 1 aliphatic rings. The number of anilines is 1. The van der Waals surface area contributed by atoms with Gasteiger partial charge in [0.25, 0.3) is 0 Å². The Kier molecular flexibility index (Phi) is 3.83. The smallest absolute Gasteiger partial charge is 0.313 e. The van der Waals surface area contributed by atoms with E-state index in [1.54, 1.807) is 4.90 Å². The van der Waals surface area contributed by atoms with Crippen LogP contribution < -0.4 is 5.32 Å². The van der Waals surface area contributed by atoms with E-state index in [0.717, 1.165) is 12.8 Å². The number of amides is 2. The highest BCUT2D eigenvalue weighted by Gasteiger charge is 2.26. The monoisotopic (exact) mass is 246 g/mol. The molecule has 0 aliphatic heterocycles. The van der Waals surface area contributed by atoms with Crippen LogP contribution in [0.2, 0.25) is 0 Å². The molecule has 2 amide bonds. The molecular weight excluding hydrogens is 231 g/mol. The molecule has 94 valence electrons. The van der Waals surface area contributed by atoms with Gasteiger partial charge in [-0.15, -0.1) is 6.42 Å². The number of urea groups is 1. The Hall–Kier alpha value is -2.02. The summed E-state index contributed by atoms with van der Waals surface area (Å²) in [6.07, 6.45) is 7.57. The van der Waals surface area contributed by atoms with E-state index >= 15 is 0 Å². The number of halogens is 1. The van der Waals surface area contributed by atoms with Crippen molar-refractivity contribution in [3.05, 3.63) is 30.1 Å². The van der Waals surface area contributed by atoms with E-state index in [4.69, 9.17) is 6.42 Å². The molecule has 1 aromatic rings. The molecule has 4 heteroatoms. The van der Waals surface area contributed by atoms with Crippen LogP contribution in [-0.4, -0.2) is 24.0 Å². The number of carbonyl (C=O) groups excluding carboxylic acids is 1. The molecule has 3 nitrogen and oxygen atoms in total. The number of nitrogens with one attached hydrogen (secondary N) is 1. The van der Waals surface area contributed by atoms with E-state index in [2.05, 4.69) is 11.2 Å². The second kappa shape index (κ2) is 5.54. The predicted octanol–water partition coefficient (Wildman–Crippen LogP) is 2.70. The highest BCUT2D eigenvalue weighted by Crippen LogP contribution is 2.29. The van der Waals surface area contributed by atoms with Crippen LogP contribution in [0.3, 0.4) is 0 Å². The first kappa shape index (κ1) is 12.4. The van der Waals surface area contributed by atoms with E-state index in [0.29, 0.717) is 24.7 Å². The molecule has 1 aliphatic carbocycles. The number of hydrogen-bond acceptors (Lipinski definition) is 1. The number of nitrogens with zero attached hydrogens (tertiary/aromatic N) is 1. The number of rotatable bonds is 4. The zero-order valence-electron chi connectivity index (χ0n) is 10.0. The van der Waals surface area contributed by atoms with Crippen molar-refractivity contribution in [2.75, 3.05) is 18.4 Å². The molecule has 18 heavy (non-hydrogen) atoms. The minimum atomic E-state index is -0.327. The van der Waals surface area contributed by atoms with E-state index in [9.17, 15) is 9.18 Å². The first-order chi connectivity index (χ1) is 8.69. The fraction of sp³-hybridized carbons (Fsp3) is 0.357. The Labute approximate surface area is 106 Å². The van der Waals surface area contributed by atoms with Crippen molar-refractivity contribution in [2.24, 2.45) is 5.92 Å². The fourth-order valence-corrected chi connectivity index (χ4v) is 1.68. The minimum absolute atomic E-state index is 0.230. The molecule has 1 saturated carbocycles. The lowest BCUT2D eigenvalue weighted by Gasteiger charge is -2.20. The van der Waals surface area contributed by atoms with E-state index in [1.165, 1.54) is 24.3 Å². The van der Waals surface area contributed by atoms with Crippen molar-refractivity contribution in [1.29, 1.82) is 0 Å². The fourth-order valence-electron chi connectivity index (χ4n) is 1.68. The van der Waals surface area contributed by atoms with Crippen LogP contribution in [0.15, 0.2) is 24.3 Å². The van der Waals surface area contributed by atoms with Gasteiger partial charge in [0, 0.05) is 12.2 Å². The van der Waals surface area contributed by atoms with Gasteiger partial charge in [-0.25, -0.2) is 9.18 Å². The van der Waals surface area contributed by atoms with E-state index < -0.39 is 0 Å². The SMILES string of the molecule is C#CCN(CC1CC1)C(=O)Nc1ccc(F)cc1. The number of carbonyl (C=O) groups is 1. The Bertz CT molecular complexity index is 460. The van der Waals surface area contributed by atoms with Crippen LogP contribution in [0.4, 0.5) is 14.9 Å². The number of hydrogen-bond donors (Lipinski definition) is 1. The Morgan fingerprint density at radius 1 is 1.44 bits per heavy atom. The van der Waals surface area contributed by atoms with Gasteiger partial charge in [0.05, 0.1) is 6.54 Å². The average molecular weight is 246 g/mol. The van der Waals surface area contributed by atoms with Gasteiger partial charge in [-0.2, -0.15) is 0 Å². The molecular formula is C14H15FN2O. The van der Waals surface area contributed by atoms with Gasteiger partial charge in [-0.3, -0.25) is 0 Å². The molecule has 0 radical (unpaired) electrons. The third kappa shape index (κ3) is 3.49. The molecule has 0 heterocycles. The zero-order valence-corrected chi connectivity index (χ0v) is 10.0. The Morgan fingerprint density at radius 2 is 2.11 bits per heavy atom. The molecule has 0 spiro atoms. The van der Waals surface area contributed by atoms with E-state index in [-0.39, 0.29) is 11.8 Å². The summed E-state index contributed by atoms with van der Waals surface area (Å²) in [5.41, 5.74) is 0.569. The maximum Gasteiger partial charge on any atom is 0.322 e. The van der Waals surface area contributed by atoms with Crippen LogP contribution in [0.1, 0.15) is 12.8 Å². The van der Waals surface area contributed by atoms with Gasteiger partial charge in [0.15, 0.2) is 0 Å². The van der Waals surface area contributed by atoms with Gasteiger partial charge >= 0.3 is 6.03 Å². The third-order valence-electron chi connectivity index (χ3n) is 2.84. The summed E-state index contributed by atoms with van der Waals surface area (Å²) in [4.78, 5) is 13.6. The van der Waals surface area contributed by atoms with Gasteiger partial charge in [-0.1, -0.05) is 5.92 Å². The average Bonchev–Trinajstić information content (AvgIpc) is 3.15. The number of benzene rings is 1. The summed E-state index contributed by atoms with van der Waals surface area (Å²) in [6, 6.07) is 5.44. The normalized spacial score (nSPS) is 13.8. The summed E-state index contributed by atoms with van der Waals surface area (Å²) in [5, 5.41) is 2.71. The third-order valence-corrected chi connectivity index (χ3v) is 2.84. The topological polar surface area (TPSA) is 32.3 Å². The first-order valence-corrected chi connectivity index (χ1v) is 5.94. The summed E-state index contributed by atoms with van der Waals surface area (Å²) >= 11 is 0. The first-order valence-electron chi connectivity index (χ1n) is 5.94. The summed E-state index contributed by atoms with van der Waals surface area (Å²) in [7, 11) is 0. The lowest BCUT2D eigenvalue weighted by atomic mass is 10.3. The maximum atomic E-state index is 12.7. The molecule has 2 rings (SSSR count). The highest BCUT2D eigenvalue weighted by molar-refractivity contribution is 5.89. The maximum absolute atomic E-state index is 12.7. The lowest BCUT2D eigenvalue weighted by Crippen LogP contribution is -2.36. The van der Waals surface area contributed by atoms with Crippen LogP contribution >= 0.6 is 0 Å². The standard InChI is InChI=1S/C14H15FN2O/c1-2-9-17(10-11-3-4-11)14(18)16-13-7-5-12(15)6-8-13/h1,5-8,11H,3-4,9-10H2,(H,16,18). The van der Waals surface area contributed by atoms with Gasteiger partial charge in [-0.05, 0) is 43.0 Å². The molecule has 1 aromatic carbocycles. The molecule has 1 N–H and O–H groups in total. The summed E-state index contributed by atoms with van der Waals surface area (Å²) < 4.78 is 12.7. The van der Waals surface area contributed by atoms with Crippen molar-refractivity contribution in [3.63, 3.8) is 0 Å². The second-order valence-electron chi connectivity index (χ2n) is 4.47. The summed E-state index contributed by atoms with van der Waals surface area (Å²) in [6.45, 7) is 0.987. The van der Waals surface area contributed by atoms with Crippen molar-refractivity contribution >= 4 is 11.7 Å². The van der Waals surface area contributed by atoms with Crippen LogP contribution in [0.5, 0.6) is 0 Å². The lowest BCUT2D eigenvalue weighted by molar-refractivity contribution is 0.216. The van der Waals surface area contributed by atoms with E-state index in [1.807, 2.05) is 0 Å². The largest absolute Gasteiger partial charge is 0.322 e. The van der Waals surface area contributed by atoms with Crippen LogP contribution in [0, 0.1) is 24.1 Å². The highest BCUT2D eigenvalue weighted by atomic mass is 19.1. The summed E-state index contributed by atoms with van der Waals surface area (Å²) in [5.74, 6) is 2.74. The van der Waals surface area contributed by atoms with Crippen molar-refractivity contribution in [2.45, 2.75) is 12.8 Å². The predicted molar refractivity (Wildman–Crippen MR) is 68.5 cm³/mol. The number of terminal acetylenes is 1.